The van der Waals surface area contributed by atoms with Crippen molar-refractivity contribution in [2.24, 2.45) is 5.84 Å². The van der Waals surface area contributed by atoms with E-state index in [9.17, 15) is 4.39 Å². The molecule has 0 radical (unpaired) electrons. The largest absolute Gasteiger partial charge is 0.271 e. The lowest BCUT2D eigenvalue weighted by Crippen LogP contribution is -2.30. The number of hydrogen-bond acceptors (Lipinski definition) is 2. The van der Waals surface area contributed by atoms with Crippen molar-refractivity contribution < 1.29 is 4.39 Å². The maximum atomic E-state index is 13.4. The Hall–Kier alpha value is -1.71. The van der Waals surface area contributed by atoms with E-state index in [0.717, 1.165) is 16.7 Å². The van der Waals surface area contributed by atoms with Crippen LogP contribution in [-0.4, -0.2) is 0 Å². The normalized spacial score (nSPS) is 12.4. The lowest BCUT2D eigenvalue weighted by molar-refractivity contribution is 0.544. The molecule has 0 saturated heterocycles. The first-order valence-electron chi connectivity index (χ1n) is 6.80. The average Bonchev–Trinajstić information content (AvgIpc) is 2.43. The Morgan fingerprint density at radius 2 is 1.85 bits per heavy atom. The molecule has 2 aromatic carbocycles. The molecule has 3 heteroatoms. The molecule has 2 aromatic rings. The molecular weight excluding hydrogens is 251 g/mol. The molecule has 0 spiro atoms. The fourth-order valence-corrected chi connectivity index (χ4v) is 2.49. The Bertz CT molecular complexity index is 608. The quantitative estimate of drug-likeness (QED) is 0.660. The van der Waals surface area contributed by atoms with Crippen LogP contribution in [0, 0.1) is 26.6 Å². The molecule has 2 rings (SSSR count). The van der Waals surface area contributed by atoms with Crippen molar-refractivity contribution >= 4 is 0 Å². The van der Waals surface area contributed by atoms with E-state index in [1.54, 1.807) is 12.1 Å². The van der Waals surface area contributed by atoms with E-state index in [1.165, 1.54) is 17.2 Å². The van der Waals surface area contributed by atoms with Crippen molar-refractivity contribution in [3.8, 4) is 0 Å². The van der Waals surface area contributed by atoms with Gasteiger partial charge in [0.1, 0.15) is 5.82 Å². The molecule has 0 aromatic heterocycles. The number of halogens is 1. The first kappa shape index (κ1) is 14.7. The first-order valence-corrected chi connectivity index (χ1v) is 6.80. The molecule has 0 fully saturated rings. The molecule has 1 unspecified atom stereocenters. The highest BCUT2D eigenvalue weighted by Gasteiger charge is 2.15. The first-order chi connectivity index (χ1) is 9.52. The highest BCUT2D eigenvalue weighted by Crippen LogP contribution is 2.24. The summed E-state index contributed by atoms with van der Waals surface area (Å²) in [6, 6.07) is 11.0. The summed E-state index contributed by atoms with van der Waals surface area (Å²) >= 11 is 0. The summed E-state index contributed by atoms with van der Waals surface area (Å²) in [5.41, 5.74) is 8.54. The molecule has 20 heavy (non-hydrogen) atoms. The van der Waals surface area contributed by atoms with Gasteiger partial charge >= 0.3 is 0 Å². The molecule has 0 bridgehead atoms. The number of hydrazine groups is 1. The average molecular weight is 272 g/mol. The third-order valence-corrected chi connectivity index (χ3v) is 3.96. The Labute approximate surface area is 119 Å². The van der Waals surface area contributed by atoms with Crippen LogP contribution in [0.3, 0.4) is 0 Å². The predicted octanol–water partition coefficient (Wildman–Crippen LogP) is 3.50. The Morgan fingerprint density at radius 3 is 2.55 bits per heavy atom. The van der Waals surface area contributed by atoms with Crippen LogP contribution in [0.5, 0.6) is 0 Å². The van der Waals surface area contributed by atoms with Gasteiger partial charge in [-0.1, -0.05) is 24.3 Å². The summed E-state index contributed by atoms with van der Waals surface area (Å²) < 4.78 is 13.4. The second kappa shape index (κ2) is 6.16. The van der Waals surface area contributed by atoms with Crippen LogP contribution in [0.2, 0.25) is 0 Å². The van der Waals surface area contributed by atoms with Crippen molar-refractivity contribution in [1.29, 1.82) is 0 Å². The van der Waals surface area contributed by atoms with Crippen molar-refractivity contribution in [3.05, 3.63) is 70.0 Å². The van der Waals surface area contributed by atoms with E-state index in [4.69, 9.17) is 5.84 Å². The molecule has 0 saturated carbocycles. The lowest BCUT2D eigenvalue weighted by atomic mass is 9.92. The van der Waals surface area contributed by atoms with Gasteiger partial charge in [0.2, 0.25) is 0 Å². The van der Waals surface area contributed by atoms with E-state index in [2.05, 4.69) is 31.4 Å². The summed E-state index contributed by atoms with van der Waals surface area (Å²) in [6.45, 7) is 6.17. The summed E-state index contributed by atoms with van der Waals surface area (Å²) in [4.78, 5) is 0. The zero-order valence-corrected chi connectivity index (χ0v) is 12.2. The molecule has 3 N–H and O–H groups in total. The second-order valence-corrected chi connectivity index (χ2v) is 5.28. The van der Waals surface area contributed by atoms with Crippen LogP contribution in [0.25, 0.3) is 0 Å². The van der Waals surface area contributed by atoms with Crippen LogP contribution < -0.4 is 11.3 Å². The minimum Gasteiger partial charge on any atom is -0.271 e. The standard InChI is InChI=1S/C17H21FN2/c1-11-5-4-6-16(13(11)3)17(20-19)10-14-9-15(18)8-7-12(14)2/h4-9,17,20H,10,19H2,1-3H3. The maximum absolute atomic E-state index is 13.4. The highest BCUT2D eigenvalue weighted by molar-refractivity contribution is 5.37. The number of benzene rings is 2. The minimum absolute atomic E-state index is 0.0181. The highest BCUT2D eigenvalue weighted by atomic mass is 19.1. The van der Waals surface area contributed by atoms with E-state index < -0.39 is 0 Å². The van der Waals surface area contributed by atoms with E-state index in [1.807, 2.05) is 13.0 Å². The SMILES string of the molecule is Cc1ccc(F)cc1CC(NN)c1cccc(C)c1C. The fraction of sp³-hybridized carbons (Fsp3) is 0.294. The van der Waals surface area contributed by atoms with E-state index in [-0.39, 0.29) is 11.9 Å². The van der Waals surface area contributed by atoms with Crippen LogP contribution in [0.4, 0.5) is 4.39 Å². The smallest absolute Gasteiger partial charge is 0.123 e. The van der Waals surface area contributed by atoms with Gasteiger partial charge in [0, 0.05) is 0 Å². The molecule has 0 heterocycles. The summed E-state index contributed by atoms with van der Waals surface area (Å²) in [7, 11) is 0. The molecule has 1 atom stereocenters. The molecule has 0 aliphatic rings. The van der Waals surface area contributed by atoms with Crippen molar-refractivity contribution in [1.82, 2.24) is 5.43 Å². The Balaban J connectivity index is 2.34. The van der Waals surface area contributed by atoms with Gasteiger partial charge in [0.25, 0.3) is 0 Å². The van der Waals surface area contributed by atoms with Crippen molar-refractivity contribution in [2.75, 3.05) is 0 Å². The van der Waals surface area contributed by atoms with Crippen LogP contribution in [0.1, 0.15) is 33.9 Å². The number of nitrogens with one attached hydrogen (secondary N) is 1. The molecule has 0 aliphatic heterocycles. The number of aryl methyl sites for hydroxylation is 2. The van der Waals surface area contributed by atoms with Gasteiger partial charge in [0.15, 0.2) is 0 Å². The minimum atomic E-state index is -0.206. The zero-order valence-electron chi connectivity index (χ0n) is 12.2. The second-order valence-electron chi connectivity index (χ2n) is 5.28. The van der Waals surface area contributed by atoms with Gasteiger partial charge in [-0.25, -0.2) is 4.39 Å². The maximum Gasteiger partial charge on any atom is 0.123 e. The Kier molecular flexibility index (Phi) is 4.53. The molecule has 0 aliphatic carbocycles. The monoisotopic (exact) mass is 272 g/mol. The van der Waals surface area contributed by atoms with E-state index in [0.29, 0.717) is 6.42 Å². The summed E-state index contributed by atoms with van der Waals surface area (Å²) in [6.07, 6.45) is 0.671. The number of rotatable bonds is 4. The van der Waals surface area contributed by atoms with Crippen LogP contribution in [0.15, 0.2) is 36.4 Å². The third-order valence-electron chi connectivity index (χ3n) is 3.96. The molecule has 2 nitrogen and oxygen atoms in total. The van der Waals surface area contributed by atoms with E-state index >= 15 is 0 Å². The van der Waals surface area contributed by atoms with Gasteiger partial charge in [-0.05, 0) is 67.1 Å². The Morgan fingerprint density at radius 1 is 1.10 bits per heavy atom. The predicted molar refractivity (Wildman–Crippen MR) is 80.8 cm³/mol. The van der Waals surface area contributed by atoms with Gasteiger partial charge in [-0.2, -0.15) is 0 Å². The fourth-order valence-electron chi connectivity index (χ4n) is 2.49. The molecular formula is C17H21FN2. The van der Waals surface area contributed by atoms with Gasteiger partial charge in [-0.15, -0.1) is 0 Å². The summed E-state index contributed by atoms with van der Waals surface area (Å²) in [5.74, 6) is 5.51. The zero-order chi connectivity index (χ0) is 14.7. The summed E-state index contributed by atoms with van der Waals surface area (Å²) in [5, 5.41) is 0. The van der Waals surface area contributed by atoms with Crippen LogP contribution in [-0.2, 0) is 6.42 Å². The van der Waals surface area contributed by atoms with Gasteiger partial charge in [0.05, 0.1) is 6.04 Å². The van der Waals surface area contributed by atoms with Crippen LogP contribution >= 0.6 is 0 Å². The lowest BCUT2D eigenvalue weighted by Gasteiger charge is -2.20. The van der Waals surface area contributed by atoms with Crippen molar-refractivity contribution in [2.45, 2.75) is 33.2 Å². The number of hydrogen-bond donors (Lipinski definition) is 2. The van der Waals surface area contributed by atoms with Crippen molar-refractivity contribution in [3.63, 3.8) is 0 Å². The van der Waals surface area contributed by atoms with Gasteiger partial charge < -0.3 is 0 Å². The van der Waals surface area contributed by atoms with Gasteiger partial charge in [-0.3, -0.25) is 11.3 Å². The third kappa shape index (κ3) is 3.06. The number of nitrogens with two attached hydrogens (primary N) is 1. The topological polar surface area (TPSA) is 38.0 Å². The molecule has 0 amide bonds. The molecule has 106 valence electrons.